The van der Waals surface area contributed by atoms with Crippen molar-refractivity contribution in [3.63, 3.8) is 0 Å². The first kappa shape index (κ1) is 24.1. The first-order chi connectivity index (χ1) is 18.9. The summed E-state index contributed by atoms with van der Waals surface area (Å²) in [4.78, 5) is 13.1. The Balaban J connectivity index is 1.40. The van der Waals surface area contributed by atoms with Crippen LogP contribution in [0.4, 0.5) is 0 Å². The fraction of sp³-hybridized carbons (Fsp3) is 0.552. The number of Topliss-reactive ketones (excluding diaryl/α,β-unsaturated/α-hetero) is 1. The fourth-order valence-electron chi connectivity index (χ4n) is 7.41. The van der Waals surface area contributed by atoms with Crippen LogP contribution < -0.4 is 9.47 Å². The van der Waals surface area contributed by atoms with Gasteiger partial charge in [0, 0.05) is 22.9 Å². The maximum atomic E-state index is 13.1. The highest BCUT2D eigenvalue weighted by molar-refractivity contribution is 6.11. The second-order valence-electron chi connectivity index (χ2n) is 11.0. The molecule has 6 aliphatic rings. The second-order valence-corrected chi connectivity index (χ2v) is 11.0. The number of carbonyl (C=O) groups excluding carboxylic acids is 1. The van der Waals surface area contributed by atoms with Crippen LogP contribution in [-0.4, -0.2) is 74.0 Å². The third kappa shape index (κ3) is 2.70. The molecule has 2 aromatic rings. The number of aryl methyl sites for hydroxylation is 1. The molecule has 4 fully saturated rings. The highest BCUT2D eigenvalue weighted by Gasteiger charge is 2.93. The number of hydrogen-bond donors (Lipinski definition) is 1. The van der Waals surface area contributed by atoms with Crippen molar-refractivity contribution in [2.45, 2.75) is 68.3 Å². The topological polar surface area (TPSA) is 114 Å². The molecule has 5 heterocycles. The van der Waals surface area contributed by atoms with Crippen LogP contribution in [0.25, 0.3) is 10.8 Å². The quantitative estimate of drug-likeness (QED) is 0.449. The predicted molar refractivity (Wildman–Crippen MR) is 134 cm³/mol. The van der Waals surface area contributed by atoms with Gasteiger partial charge in [0.2, 0.25) is 11.9 Å². The molecular formula is C29H30O10. The lowest BCUT2D eigenvalue weighted by molar-refractivity contribution is -0.366. The van der Waals surface area contributed by atoms with Crippen LogP contribution in [0.1, 0.15) is 52.4 Å². The standard InChI is InChI=1S/C29H30O10/c1-4-9-35-28-25-24(38-29(39-25,27(28)13-36-27)26-33-10-6-11-34-26)18-14(2)12-16-20(23(18)37-28)21(31)19-15(22(16)32-3)7-5-8-17(19)30/h4,12,24-26,31H,1,5-11,13H2,2-3H3/t24?,25?,27-,28+,29?/m0/s1. The predicted octanol–water partition coefficient (Wildman–Crippen LogP) is 3.37. The van der Waals surface area contributed by atoms with Crippen LogP contribution in [0.3, 0.4) is 0 Å². The van der Waals surface area contributed by atoms with Gasteiger partial charge in [-0.15, -0.1) is 6.58 Å². The molecular weight excluding hydrogens is 508 g/mol. The molecule has 8 rings (SSSR count). The van der Waals surface area contributed by atoms with E-state index in [2.05, 4.69) is 6.58 Å². The number of ketones is 1. The van der Waals surface area contributed by atoms with Gasteiger partial charge in [0.1, 0.15) is 23.4 Å². The van der Waals surface area contributed by atoms with Crippen molar-refractivity contribution in [3.8, 4) is 17.2 Å². The lowest BCUT2D eigenvalue weighted by Gasteiger charge is -2.50. The normalized spacial score (nSPS) is 36.1. The summed E-state index contributed by atoms with van der Waals surface area (Å²) in [6.45, 7) is 7.17. The van der Waals surface area contributed by atoms with E-state index in [1.54, 1.807) is 13.2 Å². The fourth-order valence-corrected chi connectivity index (χ4v) is 7.41. The molecule has 1 spiro atoms. The number of rotatable bonds is 5. The molecule has 4 saturated heterocycles. The molecule has 0 saturated carbocycles. The van der Waals surface area contributed by atoms with Crippen molar-refractivity contribution in [1.82, 2.24) is 0 Å². The molecule has 0 aromatic heterocycles. The molecule has 39 heavy (non-hydrogen) atoms. The maximum Gasteiger partial charge on any atom is 0.277 e. The highest BCUT2D eigenvalue weighted by atomic mass is 16.9. The number of aromatic hydroxyl groups is 1. The Kier molecular flexibility index (Phi) is 4.90. The summed E-state index contributed by atoms with van der Waals surface area (Å²) < 4.78 is 50.8. The second kappa shape index (κ2) is 7.93. The summed E-state index contributed by atoms with van der Waals surface area (Å²) in [5.41, 5.74) is 1.41. The molecule has 206 valence electrons. The largest absolute Gasteiger partial charge is 0.506 e. The molecule has 2 bridgehead atoms. The monoisotopic (exact) mass is 538 g/mol. The Morgan fingerprint density at radius 2 is 2.00 bits per heavy atom. The number of benzene rings is 2. The van der Waals surface area contributed by atoms with Crippen molar-refractivity contribution in [1.29, 1.82) is 0 Å². The summed E-state index contributed by atoms with van der Waals surface area (Å²) >= 11 is 0. The van der Waals surface area contributed by atoms with Crippen molar-refractivity contribution in [2.24, 2.45) is 0 Å². The zero-order chi connectivity index (χ0) is 26.7. The van der Waals surface area contributed by atoms with Gasteiger partial charge in [-0.2, -0.15) is 0 Å². The van der Waals surface area contributed by atoms with E-state index in [1.807, 2.05) is 13.0 Å². The number of methoxy groups -OCH3 is 1. The van der Waals surface area contributed by atoms with E-state index >= 15 is 0 Å². The van der Waals surface area contributed by atoms with E-state index in [-0.39, 0.29) is 30.3 Å². The van der Waals surface area contributed by atoms with E-state index in [0.717, 1.165) is 17.5 Å². The van der Waals surface area contributed by atoms with Gasteiger partial charge in [-0.3, -0.25) is 4.79 Å². The van der Waals surface area contributed by atoms with Crippen LogP contribution in [0.2, 0.25) is 0 Å². The summed E-state index contributed by atoms with van der Waals surface area (Å²) in [5.74, 6) is -2.15. The Morgan fingerprint density at radius 3 is 2.72 bits per heavy atom. The number of ether oxygens (including phenoxy) is 8. The van der Waals surface area contributed by atoms with Gasteiger partial charge in [0.25, 0.3) is 11.6 Å². The summed E-state index contributed by atoms with van der Waals surface area (Å²) in [6, 6.07) is 1.95. The minimum absolute atomic E-state index is 0.117. The molecule has 1 aliphatic carbocycles. The number of hydrogen-bond acceptors (Lipinski definition) is 10. The van der Waals surface area contributed by atoms with Crippen molar-refractivity contribution < 1.29 is 47.8 Å². The zero-order valence-electron chi connectivity index (χ0n) is 21.9. The number of epoxide rings is 1. The minimum atomic E-state index is -1.44. The van der Waals surface area contributed by atoms with Gasteiger partial charge in [-0.25, -0.2) is 0 Å². The lowest BCUT2D eigenvalue weighted by atomic mass is 9.78. The molecule has 10 heteroatoms. The van der Waals surface area contributed by atoms with Crippen LogP contribution in [-0.2, 0) is 34.8 Å². The average Bonchev–Trinajstić information content (AvgIpc) is 3.60. The number of phenolic OH excluding ortho intramolecular Hbond substituents is 1. The third-order valence-electron chi connectivity index (χ3n) is 9.04. The SMILES string of the molecule is C=CCO[C@@]12Oc3c(c(C)cc4c(OC)c5c(c(O)c34)C(=O)CCC5)C3OC(C4OCCCO4)(OC31)[C@]21CO1. The highest BCUT2D eigenvalue weighted by Crippen LogP contribution is 2.72. The lowest BCUT2D eigenvalue weighted by Crippen LogP contribution is -2.70. The Labute approximate surface area is 224 Å². The molecule has 0 radical (unpaired) electrons. The summed E-state index contributed by atoms with van der Waals surface area (Å²) in [6.07, 6.45) is 1.92. The van der Waals surface area contributed by atoms with Crippen molar-refractivity contribution >= 4 is 16.6 Å². The van der Waals surface area contributed by atoms with E-state index in [4.69, 9.17) is 37.9 Å². The Hall–Kier alpha value is -2.73. The Bertz CT molecular complexity index is 1440. The van der Waals surface area contributed by atoms with E-state index in [9.17, 15) is 9.90 Å². The minimum Gasteiger partial charge on any atom is -0.506 e. The molecule has 5 atom stereocenters. The number of phenols is 1. The van der Waals surface area contributed by atoms with E-state index in [0.29, 0.717) is 60.3 Å². The van der Waals surface area contributed by atoms with Gasteiger partial charge in [0.05, 0.1) is 44.5 Å². The number of fused-ring (bicyclic) bond motifs is 8. The van der Waals surface area contributed by atoms with E-state index in [1.165, 1.54) is 0 Å². The first-order valence-electron chi connectivity index (χ1n) is 13.5. The van der Waals surface area contributed by atoms with Crippen molar-refractivity contribution in [2.75, 3.05) is 33.5 Å². The molecule has 3 unspecified atom stereocenters. The molecule has 10 nitrogen and oxygen atoms in total. The van der Waals surface area contributed by atoms with Gasteiger partial charge < -0.3 is 43.0 Å². The smallest absolute Gasteiger partial charge is 0.277 e. The molecule has 2 aromatic carbocycles. The third-order valence-corrected chi connectivity index (χ3v) is 9.04. The van der Waals surface area contributed by atoms with Crippen molar-refractivity contribution in [3.05, 3.63) is 41.0 Å². The van der Waals surface area contributed by atoms with Gasteiger partial charge >= 0.3 is 0 Å². The van der Waals surface area contributed by atoms with Crippen LogP contribution in [0.15, 0.2) is 18.7 Å². The molecule has 0 amide bonds. The van der Waals surface area contributed by atoms with Crippen LogP contribution in [0, 0.1) is 6.92 Å². The van der Waals surface area contributed by atoms with Gasteiger partial charge in [0.15, 0.2) is 11.9 Å². The van der Waals surface area contributed by atoms with Crippen LogP contribution in [0.5, 0.6) is 17.2 Å². The zero-order valence-corrected chi connectivity index (χ0v) is 21.9. The van der Waals surface area contributed by atoms with Gasteiger partial charge in [-0.1, -0.05) is 6.08 Å². The summed E-state index contributed by atoms with van der Waals surface area (Å²) in [7, 11) is 1.58. The average molecular weight is 539 g/mol. The maximum absolute atomic E-state index is 13.1. The number of carbonyl (C=O) groups is 1. The van der Waals surface area contributed by atoms with E-state index < -0.39 is 35.7 Å². The molecule has 1 N–H and O–H groups in total. The summed E-state index contributed by atoms with van der Waals surface area (Å²) in [5, 5.41) is 12.7. The Morgan fingerprint density at radius 1 is 1.21 bits per heavy atom. The van der Waals surface area contributed by atoms with Crippen LogP contribution >= 0.6 is 0 Å². The van der Waals surface area contributed by atoms with Gasteiger partial charge in [-0.05, 0) is 37.8 Å². The first-order valence-corrected chi connectivity index (χ1v) is 13.5. The molecule has 5 aliphatic heterocycles.